The first-order valence-electron chi connectivity index (χ1n) is 6.60. The van der Waals surface area contributed by atoms with E-state index in [1.807, 2.05) is 12.1 Å². The molecule has 0 aromatic heterocycles. The highest BCUT2D eigenvalue weighted by molar-refractivity contribution is 7.90. The van der Waals surface area contributed by atoms with E-state index in [0.717, 1.165) is 31.6 Å². The van der Waals surface area contributed by atoms with E-state index >= 15 is 0 Å². The summed E-state index contributed by atoms with van der Waals surface area (Å²) in [6.07, 6.45) is 3.27. The molecular weight excluding hydrogens is 260 g/mol. The molecule has 0 unspecified atom stereocenters. The van der Waals surface area contributed by atoms with E-state index in [0.29, 0.717) is 11.4 Å². The van der Waals surface area contributed by atoms with Crippen molar-refractivity contribution in [1.29, 1.82) is 0 Å². The predicted molar refractivity (Wildman–Crippen MR) is 78.2 cm³/mol. The standard InChI is InChI=1S/C14H22N2O2S/c1-14(11-15)7-9-16(10-8-14)12-5-3-4-6-13(12)19(2,17)18/h3-6H,7-11,15H2,1-2H3. The fourth-order valence-electron chi connectivity index (χ4n) is 2.52. The third-order valence-electron chi connectivity index (χ3n) is 4.07. The number of para-hydroxylation sites is 1. The van der Waals surface area contributed by atoms with Gasteiger partial charge in [0.25, 0.3) is 0 Å². The lowest BCUT2D eigenvalue weighted by Crippen LogP contribution is -2.42. The molecule has 19 heavy (non-hydrogen) atoms. The summed E-state index contributed by atoms with van der Waals surface area (Å²) in [5.41, 5.74) is 6.82. The van der Waals surface area contributed by atoms with Crippen molar-refractivity contribution in [2.24, 2.45) is 11.1 Å². The average molecular weight is 282 g/mol. The van der Waals surface area contributed by atoms with Crippen LogP contribution in [0.15, 0.2) is 29.2 Å². The Morgan fingerprint density at radius 2 is 1.84 bits per heavy atom. The monoisotopic (exact) mass is 282 g/mol. The van der Waals surface area contributed by atoms with Crippen LogP contribution in [-0.2, 0) is 9.84 Å². The van der Waals surface area contributed by atoms with Gasteiger partial charge in [0.2, 0.25) is 0 Å². The van der Waals surface area contributed by atoms with Gasteiger partial charge in [0.05, 0.1) is 10.6 Å². The van der Waals surface area contributed by atoms with Crippen LogP contribution in [0.4, 0.5) is 5.69 Å². The zero-order chi connectivity index (χ0) is 14.1. The number of hydrogen-bond acceptors (Lipinski definition) is 4. The zero-order valence-electron chi connectivity index (χ0n) is 11.6. The predicted octanol–water partition coefficient (Wildman–Crippen LogP) is 1.66. The molecule has 0 bridgehead atoms. The van der Waals surface area contributed by atoms with Gasteiger partial charge in [-0.3, -0.25) is 0 Å². The Morgan fingerprint density at radius 3 is 2.37 bits per heavy atom. The summed E-state index contributed by atoms with van der Waals surface area (Å²) in [5.74, 6) is 0. The Balaban J connectivity index is 2.26. The molecule has 106 valence electrons. The number of anilines is 1. The molecule has 1 fully saturated rings. The van der Waals surface area contributed by atoms with Crippen molar-refractivity contribution in [1.82, 2.24) is 0 Å². The summed E-state index contributed by atoms with van der Waals surface area (Å²) in [6.45, 7) is 4.61. The topological polar surface area (TPSA) is 63.4 Å². The summed E-state index contributed by atoms with van der Waals surface area (Å²) in [4.78, 5) is 2.58. The van der Waals surface area contributed by atoms with Crippen LogP contribution in [0.3, 0.4) is 0 Å². The van der Waals surface area contributed by atoms with Crippen molar-refractivity contribution in [3.05, 3.63) is 24.3 Å². The summed E-state index contributed by atoms with van der Waals surface area (Å²) >= 11 is 0. The Labute approximate surface area is 115 Å². The second kappa shape index (κ2) is 5.13. The number of benzene rings is 1. The van der Waals surface area contributed by atoms with Crippen LogP contribution in [0.5, 0.6) is 0 Å². The molecule has 1 aromatic rings. The van der Waals surface area contributed by atoms with Gasteiger partial charge in [0, 0.05) is 19.3 Å². The lowest BCUT2D eigenvalue weighted by Gasteiger charge is -2.40. The fourth-order valence-corrected chi connectivity index (χ4v) is 3.43. The minimum absolute atomic E-state index is 0.191. The minimum atomic E-state index is -3.18. The maximum atomic E-state index is 11.8. The molecule has 5 heteroatoms. The Kier molecular flexibility index (Phi) is 3.87. The van der Waals surface area contributed by atoms with Gasteiger partial charge in [-0.05, 0) is 36.9 Å². The van der Waals surface area contributed by atoms with Gasteiger partial charge in [-0.2, -0.15) is 0 Å². The van der Waals surface area contributed by atoms with Gasteiger partial charge in [-0.1, -0.05) is 19.1 Å². The Morgan fingerprint density at radius 1 is 1.26 bits per heavy atom. The molecule has 1 aliphatic heterocycles. The Hall–Kier alpha value is -1.07. The zero-order valence-corrected chi connectivity index (χ0v) is 12.4. The number of rotatable bonds is 3. The van der Waals surface area contributed by atoms with Crippen LogP contribution in [0.1, 0.15) is 19.8 Å². The van der Waals surface area contributed by atoms with Crippen molar-refractivity contribution in [2.75, 3.05) is 30.8 Å². The molecule has 0 amide bonds. The largest absolute Gasteiger partial charge is 0.370 e. The highest BCUT2D eigenvalue weighted by Gasteiger charge is 2.30. The van der Waals surface area contributed by atoms with Crippen LogP contribution in [0, 0.1) is 5.41 Å². The SMILES string of the molecule is CC1(CN)CCN(c2ccccc2S(C)(=O)=O)CC1. The van der Waals surface area contributed by atoms with Gasteiger partial charge in [-0.25, -0.2) is 8.42 Å². The molecule has 0 aliphatic carbocycles. The summed E-state index contributed by atoms with van der Waals surface area (Å²) < 4.78 is 23.7. The number of piperidine rings is 1. The molecule has 0 radical (unpaired) electrons. The van der Waals surface area contributed by atoms with Crippen molar-refractivity contribution >= 4 is 15.5 Å². The molecule has 2 N–H and O–H groups in total. The first-order valence-corrected chi connectivity index (χ1v) is 8.49. The highest BCUT2D eigenvalue weighted by atomic mass is 32.2. The smallest absolute Gasteiger partial charge is 0.177 e. The number of nitrogens with two attached hydrogens (primary N) is 1. The lowest BCUT2D eigenvalue weighted by atomic mass is 9.80. The van der Waals surface area contributed by atoms with Crippen LogP contribution in [0.25, 0.3) is 0 Å². The molecule has 1 saturated heterocycles. The van der Waals surface area contributed by atoms with E-state index in [1.54, 1.807) is 12.1 Å². The molecule has 0 spiro atoms. The number of sulfone groups is 1. The van der Waals surface area contributed by atoms with Crippen molar-refractivity contribution in [3.63, 3.8) is 0 Å². The molecule has 2 rings (SSSR count). The van der Waals surface area contributed by atoms with Crippen molar-refractivity contribution < 1.29 is 8.42 Å². The third kappa shape index (κ3) is 3.09. The summed E-state index contributed by atoms with van der Waals surface area (Å²) in [6, 6.07) is 7.23. The molecule has 1 aliphatic rings. The van der Waals surface area contributed by atoms with Crippen LogP contribution in [-0.4, -0.2) is 34.3 Å². The van der Waals surface area contributed by atoms with Gasteiger partial charge < -0.3 is 10.6 Å². The third-order valence-corrected chi connectivity index (χ3v) is 5.21. The molecule has 1 heterocycles. The minimum Gasteiger partial charge on any atom is -0.370 e. The fraction of sp³-hybridized carbons (Fsp3) is 0.571. The second-order valence-electron chi connectivity index (χ2n) is 5.74. The molecule has 4 nitrogen and oxygen atoms in total. The van der Waals surface area contributed by atoms with Crippen molar-refractivity contribution in [3.8, 4) is 0 Å². The van der Waals surface area contributed by atoms with Gasteiger partial charge >= 0.3 is 0 Å². The normalized spacial score (nSPS) is 19.4. The molecule has 0 saturated carbocycles. The van der Waals surface area contributed by atoms with E-state index in [4.69, 9.17) is 5.73 Å². The second-order valence-corrected chi connectivity index (χ2v) is 7.73. The first kappa shape index (κ1) is 14.3. The summed E-state index contributed by atoms with van der Waals surface area (Å²) in [7, 11) is -3.18. The van der Waals surface area contributed by atoms with Gasteiger partial charge in [0.15, 0.2) is 9.84 Å². The highest BCUT2D eigenvalue weighted by Crippen LogP contribution is 2.34. The number of hydrogen-bond donors (Lipinski definition) is 1. The quantitative estimate of drug-likeness (QED) is 0.915. The van der Waals surface area contributed by atoms with Gasteiger partial charge in [-0.15, -0.1) is 0 Å². The van der Waals surface area contributed by atoms with Crippen LogP contribution < -0.4 is 10.6 Å². The van der Waals surface area contributed by atoms with Crippen LogP contribution >= 0.6 is 0 Å². The van der Waals surface area contributed by atoms with E-state index in [-0.39, 0.29) is 5.41 Å². The van der Waals surface area contributed by atoms with E-state index < -0.39 is 9.84 Å². The van der Waals surface area contributed by atoms with Crippen LogP contribution in [0.2, 0.25) is 0 Å². The van der Waals surface area contributed by atoms with E-state index in [1.165, 1.54) is 6.26 Å². The maximum Gasteiger partial charge on any atom is 0.177 e. The lowest BCUT2D eigenvalue weighted by molar-refractivity contribution is 0.258. The first-order chi connectivity index (χ1) is 8.86. The van der Waals surface area contributed by atoms with E-state index in [2.05, 4.69) is 11.8 Å². The molecule has 0 atom stereocenters. The van der Waals surface area contributed by atoms with E-state index in [9.17, 15) is 8.42 Å². The summed E-state index contributed by atoms with van der Waals surface area (Å²) in [5, 5.41) is 0. The molecule has 1 aromatic carbocycles. The van der Waals surface area contributed by atoms with Gasteiger partial charge in [0.1, 0.15) is 0 Å². The number of nitrogens with zero attached hydrogens (tertiary/aromatic N) is 1. The Bertz CT molecular complexity index is 546. The van der Waals surface area contributed by atoms with Crippen molar-refractivity contribution in [2.45, 2.75) is 24.7 Å². The maximum absolute atomic E-state index is 11.8. The average Bonchev–Trinajstić information content (AvgIpc) is 2.39. The molecular formula is C14H22N2O2S.